The number of benzene rings is 3. The highest BCUT2D eigenvalue weighted by molar-refractivity contribution is 8.00. The third-order valence-corrected chi connectivity index (χ3v) is 5.00. The summed E-state index contributed by atoms with van der Waals surface area (Å²) in [6.07, 6.45) is 0. The molecule has 0 aliphatic rings. The summed E-state index contributed by atoms with van der Waals surface area (Å²) in [5.74, 6) is -0.125. The van der Waals surface area contributed by atoms with Gasteiger partial charge in [-0.15, -0.1) is 11.8 Å². The van der Waals surface area contributed by atoms with Gasteiger partial charge in [-0.2, -0.15) is 0 Å². The lowest BCUT2D eigenvalue weighted by atomic mass is 10.2. The summed E-state index contributed by atoms with van der Waals surface area (Å²) in [5.41, 5.74) is 1.33. The monoisotopic (exact) mass is 397 g/mol. The number of carbonyl (C=O) groups excluding carboxylic acids is 2. The van der Waals surface area contributed by atoms with E-state index in [0.29, 0.717) is 16.1 Å². The van der Waals surface area contributed by atoms with Crippen molar-refractivity contribution in [3.63, 3.8) is 0 Å². The van der Waals surface area contributed by atoms with Gasteiger partial charge in [-0.3, -0.25) is 9.59 Å². The minimum Gasteiger partial charge on any atom is -0.506 e. The van der Waals surface area contributed by atoms with Gasteiger partial charge >= 0.3 is 0 Å². The number of thioether (sulfide) groups is 1. The van der Waals surface area contributed by atoms with E-state index in [1.807, 2.05) is 24.3 Å². The summed E-state index contributed by atoms with van der Waals surface area (Å²) in [7, 11) is 0. The first-order valence-corrected chi connectivity index (χ1v) is 9.50. The van der Waals surface area contributed by atoms with E-state index in [1.165, 1.54) is 30.0 Å². The molecular formula is C21H16ClNO3S. The average molecular weight is 398 g/mol. The number of ketones is 1. The largest absolute Gasteiger partial charge is 0.506 e. The Kier molecular flexibility index (Phi) is 6.16. The number of nitrogens with one attached hydrogen (secondary N) is 1. The van der Waals surface area contributed by atoms with Crippen LogP contribution in [0.5, 0.6) is 5.75 Å². The zero-order chi connectivity index (χ0) is 19.2. The maximum Gasteiger partial charge on any atom is 0.255 e. The van der Waals surface area contributed by atoms with Crippen LogP contribution < -0.4 is 5.32 Å². The molecular weight excluding hydrogens is 382 g/mol. The molecule has 4 nitrogen and oxygen atoms in total. The van der Waals surface area contributed by atoms with Crippen LogP contribution >= 0.6 is 23.4 Å². The molecule has 3 rings (SSSR count). The molecule has 0 aromatic heterocycles. The molecule has 0 aliphatic carbocycles. The van der Waals surface area contributed by atoms with E-state index in [4.69, 9.17) is 11.6 Å². The maximum absolute atomic E-state index is 12.4. The number of rotatable bonds is 6. The number of phenols is 1. The molecule has 0 radical (unpaired) electrons. The smallest absolute Gasteiger partial charge is 0.255 e. The van der Waals surface area contributed by atoms with E-state index in [0.717, 1.165) is 4.90 Å². The van der Waals surface area contributed by atoms with Gasteiger partial charge in [0.15, 0.2) is 5.78 Å². The fourth-order valence-electron chi connectivity index (χ4n) is 2.39. The summed E-state index contributed by atoms with van der Waals surface area (Å²) in [6, 6.07) is 20.5. The molecule has 0 aliphatic heterocycles. The Balaban J connectivity index is 1.67. The van der Waals surface area contributed by atoms with Gasteiger partial charge in [0.05, 0.1) is 11.4 Å². The fourth-order valence-corrected chi connectivity index (χ4v) is 3.41. The number of hydrogen-bond donors (Lipinski definition) is 2. The van der Waals surface area contributed by atoms with E-state index < -0.39 is 0 Å². The Morgan fingerprint density at radius 2 is 1.67 bits per heavy atom. The van der Waals surface area contributed by atoms with Crippen molar-refractivity contribution in [2.45, 2.75) is 4.90 Å². The van der Waals surface area contributed by atoms with Crippen LogP contribution in [0.15, 0.2) is 77.7 Å². The van der Waals surface area contributed by atoms with E-state index in [2.05, 4.69) is 5.32 Å². The summed E-state index contributed by atoms with van der Waals surface area (Å²) in [4.78, 5) is 25.5. The molecule has 3 aromatic carbocycles. The zero-order valence-corrected chi connectivity index (χ0v) is 15.8. The van der Waals surface area contributed by atoms with Crippen molar-refractivity contribution in [3.8, 4) is 5.75 Å². The summed E-state index contributed by atoms with van der Waals surface area (Å²) >= 11 is 7.26. The zero-order valence-electron chi connectivity index (χ0n) is 14.2. The number of carbonyl (C=O) groups is 2. The normalized spacial score (nSPS) is 10.4. The molecule has 0 unspecified atom stereocenters. The highest BCUT2D eigenvalue weighted by Crippen LogP contribution is 2.27. The summed E-state index contributed by atoms with van der Waals surface area (Å²) in [5, 5.41) is 12.9. The van der Waals surface area contributed by atoms with E-state index >= 15 is 0 Å². The van der Waals surface area contributed by atoms with Gasteiger partial charge in [-0.05, 0) is 36.4 Å². The van der Waals surface area contributed by atoms with Crippen LogP contribution in [-0.4, -0.2) is 22.5 Å². The number of Topliss-reactive ketones (excluding diaryl/α,β-unsaturated/α-hetero) is 1. The van der Waals surface area contributed by atoms with Crippen molar-refractivity contribution in [1.29, 1.82) is 0 Å². The van der Waals surface area contributed by atoms with Crippen molar-refractivity contribution in [3.05, 3.63) is 88.9 Å². The number of amides is 1. The van der Waals surface area contributed by atoms with E-state index in [9.17, 15) is 14.7 Å². The first kappa shape index (κ1) is 19.0. The number of phenolic OH excluding ortho intramolecular Hbond substituents is 1. The molecule has 0 bridgehead atoms. The second-order valence-electron chi connectivity index (χ2n) is 5.72. The first-order chi connectivity index (χ1) is 13.0. The standard InChI is InChI=1S/C21H16ClNO3S/c22-16-9-10-19(24)18(12-16)23-21(26)15-7-4-8-17(11-15)27-13-20(25)14-5-2-1-3-6-14/h1-12,24H,13H2,(H,23,26). The van der Waals surface area contributed by atoms with Crippen molar-refractivity contribution in [2.24, 2.45) is 0 Å². The number of hydrogen-bond acceptors (Lipinski definition) is 4. The molecule has 0 heterocycles. The number of halogens is 1. The minimum absolute atomic E-state index is 0.0271. The summed E-state index contributed by atoms with van der Waals surface area (Å²) in [6.45, 7) is 0. The van der Waals surface area contributed by atoms with Gasteiger partial charge in [0, 0.05) is 21.0 Å². The van der Waals surface area contributed by atoms with Gasteiger partial charge in [-0.1, -0.05) is 48.0 Å². The third-order valence-electron chi connectivity index (χ3n) is 3.77. The molecule has 0 saturated heterocycles. The van der Waals surface area contributed by atoms with Crippen molar-refractivity contribution < 1.29 is 14.7 Å². The molecule has 0 atom stereocenters. The Bertz CT molecular complexity index is 976. The highest BCUT2D eigenvalue weighted by atomic mass is 35.5. The van der Waals surface area contributed by atoms with Crippen LogP contribution in [0.3, 0.4) is 0 Å². The molecule has 0 saturated carbocycles. The van der Waals surface area contributed by atoms with Crippen molar-refractivity contribution in [1.82, 2.24) is 0 Å². The van der Waals surface area contributed by atoms with E-state index in [-0.39, 0.29) is 28.9 Å². The predicted molar refractivity (Wildman–Crippen MR) is 109 cm³/mol. The number of anilines is 1. The lowest BCUT2D eigenvalue weighted by Gasteiger charge is -2.09. The quantitative estimate of drug-likeness (QED) is 0.337. The fraction of sp³-hybridized carbons (Fsp3) is 0.0476. The molecule has 0 spiro atoms. The van der Waals surface area contributed by atoms with Crippen LogP contribution in [-0.2, 0) is 0 Å². The third kappa shape index (κ3) is 5.12. The molecule has 2 N–H and O–H groups in total. The van der Waals surface area contributed by atoms with Gasteiger partial charge in [0.1, 0.15) is 5.75 Å². The van der Waals surface area contributed by atoms with Gasteiger partial charge in [-0.25, -0.2) is 0 Å². The first-order valence-electron chi connectivity index (χ1n) is 8.14. The molecule has 27 heavy (non-hydrogen) atoms. The Hall–Kier alpha value is -2.76. The molecule has 1 amide bonds. The van der Waals surface area contributed by atoms with Crippen molar-refractivity contribution >= 4 is 40.7 Å². The molecule has 3 aromatic rings. The highest BCUT2D eigenvalue weighted by Gasteiger charge is 2.11. The topological polar surface area (TPSA) is 66.4 Å². The number of aromatic hydroxyl groups is 1. The molecule has 6 heteroatoms. The molecule has 0 fully saturated rings. The lowest BCUT2D eigenvalue weighted by Crippen LogP contribution is -2.12. The van der Waals surface area contributed by atoms with Crippen LogP contribution in [0.4, 0.5) is 5.69 Å². The predicted octanol–water partition coefficient (Wildman–Crippen LogP) is 5.27. The Labute approximate surface area is 166 Å². The van der Waals surface area contributed by atoms with Crippen LogP contribution in [0, 0.1) is 0 Å². The minimum atomic E-state index is -0.371. The van der Waals surface area contributed by atoms with Gasteiger partial charge in [0.25, 0.3) is 5.91 Å². The van der Waals surface area contributed by atoms with E-state index in [1.54, 1.807) is 30.3 Å². The second kappa shape index (κ2) is 8.75. The molecule has 136 valence electrons. The van der Waals surface area contributed by atoms with Gasteiger partial charge in [0.2, 0.25) is 0 Å². The van der Waals surface area contributed by atoms with Crippen LogP contribution in [0.2, 0.25) is 5.02 Å². The lowest BCUT2D eigenvalue weighted by molar-refractivity contribution is 0.101. The Morgan fingerprint density at radius 1 is 0.926 bits per heavy atom. The maximum atomic E-state index is 12.4. The Morgan fingerprint density at radius 3 is 2.44 bits per heavy atom. The summed E-state index contributed by atoms with van der Waals surface area (Å²) < 4.78 is 0. The van der Waals surface area contributed by atoms with Gasteiger partial charge < -0.3 is 10.4 Å². The average Bonchev–Trinajstić information content (AvgIpc) is 2.69. The van der Waals surface area contributed by atoms with Crippen LogP contribution in [0.1, 0.15) is 20.7 Å². The van der Waals surface area contributed by atoms with Crippen molar-refractivity contribution in [2.75, 3.05) is 11.1 Å². The second-order valence-corrected chi connectivity index (χ2v) is 7.21. The van der Waals surface area contributed by atoms with Crippen LogP contribution in [0.25, 0.3) is 0 Å². The SMILES string of the molecule is O=C(CSc1cccc(C(=O)Nc2cc(Cl)ccc2O)c1)c1ccccc1.